The van der Waals surface area contributed by atoms with Gasteiger partial charge in [-0.25, -0.2) is 9.78 Å². The van der Waals surface area contributed by atoms with Gasteiger partial charge in [-0.3, -0.25) is 0 Å². The van der Waals surface area contributed by atoms with E-state index in [1.54, 1.807) is 18.2 Å². The van der Waals surface area contributed by atoms with Crippen LogP contribution in [0.2, 0.25) is 10.0 Å². The van der Waals surface area contributed by atoms with E-state index >= 15 is 0 Å². The van der Waals surface area contributed by atoms with Gasteiger partial charge in [0.05, 0.1) is 15.7 Å². The zero-order valence-electron chi connectivity index (χ0n) is 17.8. The maximum absolute atomic E-state index is 12.3. The van der Waals surface area contributed by atoms with Crippen molar-refractivity contribution in [1.82, 2.24) is 14.7 Å². The molecule has 2 aromatic carbocycles. The van der Waals surface area contributed by atoms with Crippen LogP contribution in [0.3, 0.4) is 0 Å². The molecule has 0 unspecified atom stereocenters. The number of carbonyl (C=O) groups is 1. The van der Waals surface area contributed by atoms with Crippen LogP contribution in [0.5, 0.6) is 0 Å². The van der Waals surface area contributed by atoms with E-state index in [1.807, 2.05) is 0 Å². The van der Waals surface area contributed by atoms with Crippen molar-refractivity contribution in [2.75, 3.05) is 29.9 Å². The molecule has 0 saturated carbocycles. The summed E-state index contributed by atoms with van der Waals surface area (Å²) in [5.74, 6) is 1.28. The number of nitrogens with one attached hydrogen (secondary N) is 2. The minimum Gasteiger partial charge on any atom is -0.347 e. The molecular weight excluding hydrogens is 465 g/mol. The number of urea groups is 1. The predicted octanol–water partition coefficient (Wildman–Crippen LogP) is 5.78. The second-order valence-corrected chi connectivity index (χ2v) is 9.56. The van der Waals surface area contributed by atoms with Crippen molar-refractivity contribution in [3.05, 3.63) is 69.5 Å². The fourth-order valence-corrected chi connectivity index (χ4v) is 4.90. The standard InChI is InChI=1S/C23H25Cl2N5OS/c1-15-5-7-16(8-6-15)13-20-27-23(32-29-20)30-11-9-17(10-12-30)14-26-22(31)28-21-18(24)3-2-4-19(21)25/h2-8,17H,9-14H2,1H3,(H2,26,28,31). The first kappa shape index (κ1) is 22.8. The molecule has 4 rings (SSSR count). The third kappa shape index (κ3) is 5.91. The minimum atomic E-state index is -0.299. The minimum absolute atomic E-state index is 0.299. The van der Waals surface area contributed by atoms with E-state index in [0.717, 1.165) is 43.3 Å². The van der Waals surface area contributed by atoms with E-state index < -0.39 is 0 Å². The highest BCUT2D eigenvalue weighted by Crippen LogP contribution is 2.30. The number of nitrogens with zero attached hydrogens (tertiary/aromatic N) is 3. The summed E-state index contributed by atoms with van der Waals surface area (Å²) < 4.78 is 4.54. The average Bonchev–Trinajstić information content (AvgIpc) is 3.25. The Labute approximate surface area is 202 Å². The Morgan fingerprint density at radius 1 is 1.12 bits per heavy atom. The van der Waals surface area contributed by atoms with Crippen LogP contribution in [-0.2, 0) is 6.42 Å². The Morgan fingerprint density at radius 2 is 1.81 bits per heavy atom. The first-order valence-electron chi connectivity index (χ1n) is 10.6. The molecule has 0 radical (unpaired) electrons. The normalized spacial score (nSPS) is 14.4. The lowest BCUT2D eigenvalue weighted by Crippen LogP contribution is -2.39. The lowest BCUT2D eigenvalue weighted by Gasteiger charge is -2.31. The van der Waals surface area contributed by atoms with Crippen LogP contribution in [0, 0.1) is 12.8 Å². The predicted molar refractivity (Wildman–Crippen MR) is 132 cm³/mol. The molecule has 2 amide bonds. The fourth-order valence-electron chi connectivity index (χ4n) is 3.67. The van der Waals surface area contributed by atoms with Crippen LogP contribution >= 0.6 is 34.7 Å². The highest BCUT2D eigenvalue weighted by atomic mass is 35.5. The van der Waals surface area contributed by atoms with Crippen LogP contribution in [0.15, 0.2) is 42.5 Å². The number of hydrogen-bond acceptors (Lipinski definition) is 5. The third-order valence-electron chi connectivity index (χ3n) is 5.58. The second kappa shape index (κ2) is 10.5. The van der Waals surface area contributed by atoms with E-state index in [9.17, 15) is 4.79 Å². The van der Waals surface area contributed by atoms with Crippen LogP contribution in [0.25, 0.3) is 0 Å². The number of para-hydroxylation sites is 1. The van der Waals surface area contributed by atoms with Gasteiger partial charge < -0.3 is 15.5 Å². The molecular formula is C23H25Cl2N5OS. The Kier molecular flexibility index (Phi) is 7.50. The zero-order chi connectivity index (χ0) is 22.5. The van der Waals surface area contributed by atoms with Crippen molar-refractivity contribution in [3.63, 3.8) is 0 Å². The maximum Gasteiger partial charge on any atom is 0.319 e. The molecule has 1 aromatic heterocycles. The second-order valence-electron chi connectivity index (χ2n) is 8.02. The molecule has 0 atom stereocenters. The summed E-state index contributed by atoms with van der Waals surface area (Å²) in [5, 5.41) is 7.48. The van der Waals surface area contributed by atoms with E-state index in [4.69, 9.17) is 28.2 Å². The largest absolute Gasteiger partial charge is 0.347 e. The first-order chi connectivity index (χ1) is 15.5. The summed E-state index contributed by atoms with van der Waals surface area (Å²) in [6.45, 7) is 4.51. The Hall–Kier alpha value is -2.35. The monoisotopic (exact) mass is 489 g/mol. The van der Waals surface area contributed by atoms with Crippen LogP contribution in [0.1, 0.15) is 29.8 Å². The Bertz CT molecular complexity index is 1040. The van der Waals surface area contributed by atoms with Gasteiger partial charge in [0.1, 0.15) is 5.82 Å². The number of carbonyl (C=O) groups excluding carboxylic acids is 1. The number of rotatable bonds is 6. The van der Waals surface area contributed by atoms with Crippen molar-refractivity contribution in [3.8, 4) is 0 Å². The van der Waals surface area contributed by atoms with Gasteiger partial charge >= 0.3 is 6.03 Å². The van der Waals surface area contributed by atoms with Crippen molar-refractivity contribution >= 4 is 51.6 Å². The zero-order valence-corrected chi connectivity index (χ0v) is 20.1. The first-order valence-corrected chi connectivity index (χ1v) is 12.1. The molecule has 0 aliphatic carbocycles. The maximum atomic E-state index is 12.3. The number of piperidine rings is 1. The summed E-state index contributed by atoms with van der Waals surface area (Å²) in [4.78, 5) is 19.3. The Morgan fingerprint density at radius 3 is 2.50 bits per heavy atom. The van der Waals surface area contributed by atoms with E-state index in [-0.39, 0.29) is 6.03 Å². The molecule has 1 fully saturated rings. The van der Waals surface area contributed by atoms with Crippen LogP contribution < -0.4 is 15.5 Å². The molecule has 9 heteroatoms. The van der Waals surface area contributed by atoms with Gasteiger partial charge in [0.2, 0.25) is 5.13 Å². The van der Waals surface area contributed by atoms with Crippen molar-refractivity contribution in [1.29, 1.82) is 0 Å². The SMILES string of the molecule is Cc1ccc(Cc2nsc(N3CCC(CNC(=O)Nc4c(Cl)cccc4Cl)CC3)n2)cc1. The number of hydrogen-bond donors (Lipinski definition) is 2. The summed E-state index contributed by atoms with van der Waals surface area (Å²) >= 11 is 13.7. The quantitative estimate of drug-likeness (QED) is 0.460. The van der Waals surface area contributed by atoms with Crippen LogP contribution in [-0.4, -0.2) is 35.0 Å². The highest BCUT2D eigenvalue weighted by molar-refractivity contribution is 7.09. The van der Waals surface area contributed by atoms with Gasteiger partial charge in [-0.1, -0.05) is 59.1 Å². The molecule has 0 spiro atoms. The summed E-state index contributed by atoms with van der Waals surface area (Å²) in [6, 6.07) is 13.3. The van der Waals surface area contributed by atoms with E-state index in [0.29, 0.717) is 28.2 Å². The van der Waals surface area contributed by atoms with Gasteiger partial charge in [0.25, 0.3) is 0 Å². The smallest absolute Gasteiger partial charge is 0.319 e. The number of halogens is 2. The van der Waals surface area contributed by atoms with Gasteiger partial charge in [-0.15, -0.1) is 0 Å². The molecule has 32 heavy (non-hydrogen) atoms. The lowest BCUT2D eigenvalue weighted by atomic mass is 9.97. The molecule has 6 nitrogen and oxygen atoms in total. The number of aryl methyl sites for hydroxylation is 1. The number of aromatic nitrogens is 2. The molecule has 1 saturated heterocycles. The number of benzene rings is 2. The summed E-state index contributed by atoms with van der Waals surface area (Å²) in [6.07, 6.45) is 2.72. The molecule has 168 valence electrons. The third-order valence-corrected chi connectivity index (χ3v) is 7.02. The molecule has 3 aromatic rings. The van der Waals surface area contributed by atoms with Gasteiger partial charge in [0.15, 0.2) is 0 Å². The van der Waals surface area contributed by atoms with Crippen molar-refractivity contribution in [2.24, 2.45) is 5.92 Å². The summed E-state index contributed by atoms with van der Waals surface area (Å²) in [5.41, 5.74) is 2.91. The molecule has 1 aliphatic rings. The van der Waals surface area contributed by atoms with Crippen LogP contribution in [0.4, 0.5) is 15.6 Å². The molecule has 2 N–H and O–H groups in total. The van der Waals surface area contributed by atoms with Gasteiger partial charge in [-0.2, -0.15) is 4.37 Å². The van der Waals surface area contributed by atoms with E-state index in [1.165, 1.54) is 22.7 Å². The van der Waals surface area contributed by atoms with Gasteiger partial charge in [-0.05, 0) is 43.4 Å². The Balaban J connectivity index is 1.23. The highest BCUT2D eigenvalue weighted by Gasteiger charge is 2.22. The fraction of sp³-hybridized carbons (Fsp3) is 0.348. The summed E-state index contributed by atoms with van der Waals surface area (Å²) in [7, 11) is 0. The molecule has 1 aliphatic heterocycles. The lowest BCUT2D eigenvalue weighted by molar-refractivity contribution is 0.248. The number of amides is 2. The van der Waals surface area contributed by atoms with E-state index in [2.05, 4.69) is 51.1 Å². The topological polar surface area (TPSA) is 70.2 Å². The molecule has 0 bridgehead atoms. The van der Waals surface area contributed by atoms with Gasteiger partial charge in [0, 0.05) is 37.6 Å². The van der Waals surface area contributed by atoms with Crippen molar-refractivity contribution in [2.45, 2.75) is 26.2 Å². The molecule has 2 heterocycles. The van der Waals surface area contributed by atoms with Crippen molar-refractivity contribution < 1.29 is 4.79 Å². The number of anilines is 2. The average molecular weight is 490 g/mol.